The Morgan fingerprint density at radius 2 is 1.94 bits per heavy atom. The minimum atomic E-state index is -0.648. The standard InChI is InChI=1S/C9H9F2N5/c10-7-3-5(9-13-15-16-14-9)4-8(11)6(7)1-2-12/h3-4H,1-2,12H2,(H,13,14,15,16). The molecule has 0 aliphatic carbocycles. The Morgan fingerprint density at radius 1 is 1.25 bits per heavy atom. The second-order valence-electron chi connectivity index (χ2n) is 3.19. The summed E-state index contributed by atoms with van der Waals surface area (Å²) in [6, 6.07) is 2.33. The topological polar surface area (TPSA) is 80.5 Å². The smallest absolute Gasteiger partial charge is 0.204 e. The van der Waals surface area contributed by atoms with Gasteiger partial charge < -0.3 is 5.73 Å². The minimum absolute atomic E-state index is 0.0188. The first-order valence-electron chi connectivity index (χ1n) is 4.64. The lowest BCUT2D eigenvalue weighted by atomic mass is 10.1. The molecule has 0 aliphatic rings. The third-order valence-electron chi connectivity index (χ3n) is 2.14. The molecule has 0 bridgehead atoms. The van der Waals surface area contributed by atoms with Crippen LogP contribution in [-0.4, -0.2) is 27.2 Å². The van der Waals surface area contributed by atoms with Crippen LogP contribution in [0.15, 0.2) is 12.1 Å². The summed E-state index contributed by atoms with van der Waals surface area (Å²) < 4.78 is 27.0. The lowest BCUT2D eigenvalue weighted by Gasteiger charge is -2.04. The molecule has 0 unspecified atom stereocenters. The van der Waals surface area contributed by atoms with Crippen molar-refractivity contribution >= 4 is 0 Å². The van der Waals surface area contributed by atoms with Crippen LogP contribution in [0.4, 0.5) is 8.78 Å². The summed E-state index contributed by atoms with van der Waals surface area (Å²) in [5.74, 6) is -1.15. The largest absolute Gasteiger partial charge is 0.330 e. The van der Waals surface area contributed by atoms with Crippen molar-refractivity contribution in [2.45, 2.75) is 6.42 Å². The van der Waals surface area contributed by atoms with E-state index in [-0.39, 0.29) is 29.9 Å². The summed E-state index contributed by atoms with van der Waals surface area (Å²) in [5.41, 5.74) is 5.48. The molecular weight excluding hydrogens is 216 g/mol. The number of benzene rings is 1. The highest BCUT2D eigenvalue weighted by Gasteiger charge is 2.13. The zero-order chi connectivity index (χ0) is 11.5. The maximum atomic E-state index is 13.5. The van der Waals surface area contributed by atoms with Crippen LogP contribution < -0.4 is 5.73 Å². The quantitative estimate of drug-likeness (QED) is 0.803. The fourth-order valence-corrected chi connectivity index (χ4v) is 1.40. The molecule has 1 aromatic heterocycles. The summed E-state index contributed by atoms with van der Waals surface area (Å²) in [7, 11) is 0. The highest BCUT2D eigenvalue weighted by Crippen LogP contribution is 2.21. The van der Waals surface area contributed by atoms with Gasteiger partial charge >= 0.3 is 0 Å². The number of hydrogen-bond acceptors (Lipinski definition) is 4. The number of hydrogen-bond donors (Lipinski definition) is 2. The van der Waals surface area contributed by atoms with Crippen LogP contribution in [0.1, 0.15) is 5.56 Å². The molecule has 3 N–H and O–H groups in total. The van der Waals surface area contributed by atoms with E-state index in [0.29, 0.717) is 0 Å². The van der Waals surface area contributed by atoms with Crippen molar-refractivity contribution in [3.8, 4) is 11.4 Å². The molecule has 0 aliphatic heterocycles. The number of aromatic amines is 1. The van der Waals surface area contributed by atoms with Crippen molar-refractivity contribution in [1.29, 1.82) is 0 Å². The van der Waals surface area contributed by atoms with E-state index in [9.17, 15) is 8.78 Å². The summed E-state index contributed by atoms with van der Waals surface area (Å²) >= 11 is 0. The van der Waals surface area contributed by atoms with Gasteiger partial charge in [0.05, 0.1) is 0 Å². The molecule has 0 amide bonds. The first kappa shape index (κ1) is 10.6. The molecule has 84 valence electrons. The van der Waals surface area contributed by atoms with Crippen molar-refractivity contribution < 1.29 is 8.78 Å². The average molecular weight is 225 g/mol. The lowest BCUT2D eigenvalue weighted by molar-refractivity contribution is 0.556. The van der Waals surface area contributed by atoms with E-state index < -0.39 is 11.6 Å². The van der Waals surface area contributed by atoms with Gasteiger partial charge in [0.1, 0.15) is 11.6 Å². The number of nitrogens with zero attached hydrogens (tertiary/aromatic N) is 3. The molecule has 2 rings (SSSR count). The van der Waals surface area contributed by atoms with E-state index >= 15 is 0 Å². The number of nitrogens with two attached hydrogens (primary N) is 1. The molecule has 1 heterocycles. The van der Waals surface area contributed by atoms with Crippen LogP contribution in [-0.2, 0) is 6.42 Å². The van der Waals surface area contributed by atoms with Crippen molar-refractivity contribution in [2.75, 3.05) is 6.54 Å². The molecule has 0 spiro atoms. The molecule has 16 heavy (non-hydrogen) atoms. The van der Waals surface area contributed by atoms with Crippen molar-refractivity contribution in [2.24, 2.45) is 5.73 Å². The number of nitrogens with one attached hydrogen (secondary N) is 1. The summed E-state index contributed by atoms with van der Waals surface area (Å²) in [6.07, 6.45) is 0.157. The van der Waals surface area contributed by atoms with Gasteiger partial charge in [0.25, 0.3) is 0 Å². The van der Waals surface area contributed by atoms with Gasteiger partial charge in [0.15, 0.2) is 0 Å². The van der Waals surface area contributed by atoms with Gasteiger partial charge in [0, 0.05) is 11.1 Å². The Balaban J connectivity index is 2.45. The molecule has 0 fully saturated rings. The van der Waals surface area contributed by atoms with E-state index in [0.717, 1.165) is 0 Å². The van der Waals surface area contributed by atoms with Crippen LogP contribution in [0.3, 0.4) is 0 Å². The maximum Gasteiger partial charge on any atom is 0.204 e. The van der Waals surface area contributed by atoms with Crippen molar-refractivity contribution in [1.82, 2.24) is 20.6 Å². The highest BCUT2D eigenvalue weighted by molar-refractivity contribution is 5.55. The molecule has 2 aromatic rings. The molecule has 1 aromatic carbocycles. The van der Waals surface area contributed by atoms with Crippen molar-refractivity contribution in [3.05, 3.63) is 29.3 Å². The monoisotopic (exact) mass is 225 g/mol. The van der Waals surface area contributed by atoms with Gasteiger partial charge in [-0.15, -0.1) is 10.2 Å². The fourth-order valence-electron chi connectivity index (χ4n) is 1.40. The van der Waals surface area contributed by atoms with Gasteiger partial charge in [-0.2, -0.15) is 5.21 Å². The predicted octanol–water partition coefficient (Wildman–Crippen LogP) is 0.646. The Bertz CT molecular complexity index is 460. The molecule has 0 saturated heterocycles. The van der Waals surface area contributed by atoms with Crippen LogP contribution in [0.2, 0.25) is 0 Å². The number of halogens is 2. The Morgan fingerprint density at radius 3 is 2.44 bits per heavy atom. The van der Waals surface area contributed by atoms with Gasteiger partial charge in [-0.25, -0.2) is 8.78 Å². The maximum absolute atomic E-state index is 13.5. The summed E-state index contributed by atoms with van der Waals surface area (Å²) in [4.78, 5) is 0. The second-order valence-corrected chi connectivity index (χ2v) is 3.19. The van der Waals surface area contributed by atoms with Gasteiger partial charge in [-0.05, 0) is 30.3 Å². The minimum Gasteiger partial charge on any atom is -0.330 e. The van der Waals surface area contributed by atoms with Gasteiger partial charge in [0.2, 0.25) is 5.82 Å². The first-order valence-corrected chi connectivity index (χ1v) is 4.64. The number of H-pyrrole nitrogens is 1. The zero-order valence-corrected chi connectivity index (χ0v) is 8.24. The van der Waals surface area contributed by atoms with Crippen LogP contribution in [0.5, 0.6) is 0 Å². The Kier molecular flexibility index (Phi) is 2.86. The predicted molar refractivity (Wildman–Crippen MR) is 52.3 cm³/mol. The molecule has 0 radical (unpaired) electrons. The van der Waals surface area contributed by atoms with E-state index in [2.05, 4.69) is 20.6 Å². The molecule has 7 heteroatoms. The summed E-state index contributed by atoms with van der Waals surface area (Å²) in [6.45, 7) is 0.190. The zero-order valence-electron chi connectivity index (χ0n) is 8.24. The van der Waals surface area contributed by atoms with Crippen LogP contribution in [0, 0.1) is 11.6 Å². The summed E-state index contributed by atoms with van der Waals surface area (Å²) in [5, 5.41) is 12.8. The van der Waals surface area contributed by atoms with E-state index in [1.165, 1.54) is 12.1 Å². The molecule has 0 saturated carbocycles. The third kappa shape index (κ3) is 1.89. The first-order chi connectivity index (χ1) is 7.72. The molecule has 0 atom stereocenters. The number of tetrazole rings is 1. The number of aromatic nitrogens is 4. The van der Waals surface area contributed by atoms with Gasteiger partial charge in [-0.3, -0.25) is 0 Å². The van der Waals surface area contributed by atoms with E-state index in [4.69, 9.17) is 5.73 Å². The van der Waals surface area contributed by atoms with E-state index in [1.807, 2.05) is 0 Å². The molecular formula is C9H9F2N5. The van der Waals surface area contributed by atoms with Crippen LogP contribution in [0.25, 0.3) is 11.4 Å². The van der Waals surface area contributed by atoms with Crippen molar-refractivity contribution in [3.63, 3.8) is 0 Å². The Hall–Kier alpha value is -1.89. The SMILES string of the molecule is NCCc1c(F)cc(-c2nn[nH]n2)cc1F. The fraction of sp³-hybridized carbons (Fsp3) is 0.222. The average Bonchev–Trinajstić information content (AvgIpc) is 2.76. The number of rotatable bonds is 3. The van der Waals surface area contributed by atoms with Gasteiger partial charge in [-0.1, -0.05) is 0 Å². The third-order valence-corrected chi connectivity index (χ3v) is 2.14. The molecule has 5 nitrogen and oxygen atoms in total. The van der Waals surface area contributed by atoms with Crippen LogP contribution >= 0.6 is 0 Å². The van der Waals surface area contributed by atoms with E-state index in [1.54, 1.807) is 0 Å². The lowest BCUT2D eigenvalue weighted by Crippen LogP contribution is -2.07. The highest BCUT2D eigenvalue weighted by atomic mass is 19.1. The Labute approximate surface area is 89.7 Å². The second kappa shape index (κ2) is 4.31. The normalized spacial score (nSPS) is 10.7.